The predicted octanol–water partition coefficient (Wildman–Crippen LogP) is -0.522. The van der Waals surface area contributed by atoms with Gasteiger partial charge in [0.1, 0.15) is 0 Å². The van der Waals surface area contributed by atoms with Crippen molar-refractivity contribution < 1.29 is 13.6 Å². The van der Waals surface area contributed by atoms with Gasteiger partial charge in [-0.1, -0.05) is 0 Å². The minimum atomic E-state index is -1.83. The van der Waals surface area contributed by atoms with Crippen LogP contribution in [-0.4, -0.2) is 32.3 Å². The van der Waals surface area contributed by atoms with Crippen molar-refractivity contribution >= 4 is 11.3 Å². The third-order valence-electron chi connectivity index (χ3n) is 1.81. The smallest absolute Gasteiger partial charge is 0.234 e. The van der Waals surface area contributed by atoms with Crippen LogP contribution in [0.2, 0.25) is 0 Å². The molecule has 0 spiro atoms. The first kappa shape index (κ1) is 9.08. The molecule has 5 nitrogen and oxygen atoms in total. The first-order chi connectivity index (χ1) is 5.24. The summed E-state index contributed by atoms with van der Waals surface area (Å²) in [6.07, 6.45) is 1.50. The van der Waals surface area contributed by atoms with Crippen molar-refractivity contribution in [2.75, 3.05) is 13.1 Å². The van der Waals surface area contributed by atoms with Gasteiger partial charge in [-0.25, -0.2) is 14.4 Å². The lowest BCUT2D eigenvalue weighted by atomic mass is 10.1. The molecular formula is C5H12N2O3S. The second kappa shape index (κ2) is 4.13. The number of piperidine rings is 1. The highest BCUT2D eigenvalue weighted by Crippen LogP contribution is 2.12. The molecule has 3 N–H and O–H groups in total. The largest absolute Gasteiger partial charge is 0.301 e. The van der Waals surface area contributed by atoms with Gasteiger partial charge in [-0.15, -0.1) is 0 Å². The van der Waals surface area contributed by atoms with Crippen molar-refractivity contribution in [3.63, 3.8) is 0 Å². The Morgan fingerprint density at radius 1 is 1.55 bits per heavy atom. The maximum atomic E-state index is 10.5. The topological polar surface area (TPSA) is 75.8 Å². The maximum Gasteiger partial charge on any atom is 0.234 e. The van der Waals surface area contributed by atoms with E-state index in [0.717, 1.165) is 12.8 Å². The van der Waals surface area contributed by atoms with Crippen LogP contribution in [0.1, 0.15) is 12.8 Å². The molecule has 6 heteroatoms. The number of hydrogen-bond acceptors (Lipinski definition) is 3. The Balaban J connectivity index is 2.30. The Bertz CT molecular complexity index is 147. The zero-order valence-corrected chi connectivity index (χ0v) is 6.92. The second-order valence-corrected chi connectivity index (χ2v) is 3.47. The van der Waals surface area contributed by atoms with Crippen molar-refractivity contribution in [2.24, 2.45) is 5.90 Å². The zero-order valence-electron chi connectivity index (χ0n) is 6.10. The van der Waals surface area contributed by atoms with Crippen LogP contribution in [0.4, 0.5) is 0 Å². The van der Waals surface area contributed by atoms with Gasteiger partial charge in [0.2, 0.25) is 11.3 Å². The average molecular weight is 180 g/mol. The maximum absolute atomic E-state index is 10.5. The van der Waals surface area contributed by atoms with Crippen LogP contribution in [0.5, 0.6) is 0 Å². The van der Waals surface area contributed by atoms with Gasteiger partial charge in [0.05, 0.1) is 6.10 Å². The monoisotopic (exact) mass is 180 g/mol. The molecule has 11 heavy (non-hydrogen) atoms. The summed E-state index contributed by atoms with van der Waals surface area (Å²) >= 11 is -1.83. The SMILES string of the molecule is NOC1CCN(S(=O)O)CC1. The number of nitrogens with zero attached hydrogens (tertiary/aromatic N) is 1. The second-order valence-electron chi connectivity index (χ2n) is 2.50. The number of hydrogen-bond donors (Lipinski definition) is 2. The molecule has 1 rings (SSSR count). The Hall–Kier alpha value is -0.0100. The lowest BCUT2D eigenvalue weighted by molar-refractivity contribution is 0.0203. The molecule has 0 aromatic rings. The Labute approximate surface area is 67.9 Å². The molecule has 1 saturated heterocycles. The first-order valence-corrected chi connectivity index (χ1v) is 4.52. The molecule has 1 aliphatic rings. The molecule has 1 unspecified atom stereocenters. The summed E-state index contributed by atoms with van der Waals surface area (Å²) in [4.78, 5) is 4.61. The van der Waals surface area contributed by atoms with E-state index >= 15 is 0 Å². The van der Waals surface area contributed by atoms with Crippen LogP contribution in [-0.2, 0) is 16.1 Å². The summed E-state index contributed by atoms with van der Waals surface area (Å²) in [5.74, 6) is 4.97. The van der Waals surface area contributed by atoms with E-state index in [1.807, 2.05) is 0 Å². The minimum absolute atomic E-state index is 0.0507. The lowest BCUT2D eigenvalue weighted by Gasteiger charge is -2.27. The molecule has 1 heterocycles. The Morgan fingerprint density at radius 3 is 2.45 bits per heavy atom. The molecular weight excluding hydrogens is 168 g/mol. The molecule has 0 aromatic heterocycles. The van der Waals surface area contributed by atoms with Gasteiger partial charge in [-0.05, 0) is 12.8 Å². The van der Waals surface area contributed by atoms with E-state index in [1.54, 1.807) is 0 Å². The van der Waals surface area contributed by atoms with Crippen LogP contribution in [0, 0.1) is 0 Å². The van der Waals surface area contributed by atoms with E-state index in [-0.39, 0.29) is 6.10 Å². The number of rotatable bonds is 2. The van der Waals surface area contributed by atoms with Gasteiger partial charge >= 0.3 is 0 Å². The van der Waals surface area contributed by atoms with Crippen LogP contribution >= 0.6 is 0 Å². The first-order valence-electron chi connectivity index (χ1n) is 3.45. The summed E-state index contributed by atoms with van der Waals surface area (Å²) in [6, 6.07) is 0. The predicted molar refractivity (Wildman–Crippen MR) is 40.6 cm³/mol. The van der Waals surface area contributed by atoms with Crippen molar-refractivity contribution in [3.8, 4) is 0 Å². The molecule has 0 radical (unpaired) electrons. The highest BCUT2D eigenvalue weighted by Gasteiger charge is 2.21. The average Bonchev–Trinajstić information content (AvgIpc) is 2.05. The molecule has 0 aromatic carbocycles. The highest BCUT2D eigenvalue weighted by molar-refractivity contribution is 7.76. The molecule has 0 saturated carbocycles. The van der Waals surface area contributed by atoms with Crippen LogP contribution < -0.4 is 5.90 Å². The van der Waals surface area contributed by atoms with Crippen LogP contribution in [0.25, 0.3) is 0 Å². The van der Waals surface area contributed by atoms with Gasteiger partial charge in [-0.3, -0.25) is 4.55 Å². The molecule has 0 aliphatic carbocycles. The molecule has 0 amide bonds. The summed E-state index contributed by atoms with van der Waals surface area (Å²) in [6.45, 7) is 1.15. The van der Waals surface area contributed by atoms with Crippen molar-refractivity contribution in [3.05, 3.63) is 0 Å². The third kappa shape index (κ3) is 2.49. The summed E-state index contributed by atoms with van der Waals surface area (Å²) in [5, 5.41) is 0. The van der Waals surface area contributed by atoms with Crippen molar-refractivity contribution in [1.82, 2.24) is 4.31 Å². The van der Waals surface area contributed by atoms with E-state index in [1.165, 1.54) is 4.31 Å². The van der Waals surface area contributed by atoms with Crippen molar-refractivity contribution in [2.45, 2.75) is 18.9 Å². The highest BCUT2D eigenvalue weighted by atomic mass is 32.2. The lowest BCUT2D eigenvalue weighted by Crippen LogP contribution is -2.38. The third-order valence-corrected chi connectivity index (χ3v) is 2.62. The van der Waals surface area contributed by atoms with Gasteiger partial charge < -0.3 is 4.84 Å². The van der Waals surface area contributed by atoms with Gasteiger partial charge in [0.25, 0.3) is 0 Å². The van der Waals surface area contributed by atoms with E-state index in [0.29, 0.717) is 13.1 Å². The van der Waals surface area contributed by atoms with Gasteiger partial charge in [-0.2, -0.15) is 0 Å². The Morgan fingerprint density at radius 2 is 2.09 bits per heavy atom. The minimum Gasteiger partial charge on any atom is -0.301 e. The quantitative estimate of drug-likeness (QED) is 0.443. The van der Waals surface area contributed by atoms with Crippen molar-refractivity contribution in [1.29, 1.82) is 0 Å². The fraction of sp³-hybridized carbons (Fsp3) is 1.00. The number of nitrogens with two attached hydrogens (primary N) is 1. The molecule has 1 fully saturated rings. The van der Waals surface area contributed by atoms with E-state index in [9.17, 15) is 4.21 Å². The summed E-state index contributed by atoms with van der Waals surface area (Å²) in [5.41, 5.74) is 0. The Kier molecular flexibility index (Phi) is 3.41. The molecule has 66 valence electrons. The normalized spacial score (nSPS) is 25.3. The fourth-order valence-corrected chi connectivity index (χ4v) is 1.65. The van der Waals surface area contributed by atoms with Gasteiger partial charge in [0, 0.05) is 13.1 Å². The fourth-order valence-electron chi connectivity index (χ4n) is 1.12. The molecule has 0 bridgehead atoms. The standard InChI is InChI=1S/C5H12N2O3S/c6-10-5-1-3-7(4-2-5)11(8)9/h5H,1-4,6H2,(H,8,9). The van der Waals surface area contributed by atoms with E-state index in [4.69, 9.17) is 10.4 Å². The molecule has 1 atom stereocenters. The van der Waals surface area contributed by atoms with E-state index in [2.05, 4.69) is 4.84 Å². The van der Waals surface area contributed by atoms with Crippen LogP contribution in [0.3, 0.4) is 0 Å². The summed E-state index contributed by atoms with van der Waals surface area (Å²) in [7, 11) is 0. The summed E-state index contributed by atoms with van der Waals surface area (Å²) < 4.78 is 20.7. The van der Waals surface area contributed by atoms with Gasteiger partial charge in [0.15, 0.2) is 0 Å². The van der Waals surface area contributed by atoms with Crippen LogP contribution in [0.15, 0.2) is 0 Å². The zero-order chi connectivity index (χ0) is 8.27. The molecule has 1 aliphatic heterocycles. The van der Waals surface area contributed by atoms with E-state index < -0.39 is 11.3 Å².